The number of benzene rings is 2. The van der Waals surface area contributed by atoms with E-state index in [2.05, 4.69) is 15.9 Å². The number of hydrogen-bond donors (Lipinski definition) is 0. The van der Waals surface area contributed by atoms with Crippen LogP contribution in [0.1, 0.15) is 5.56 Å². The summed E-state index contributed by atoms with van der Waals surface area (Å²) in [7, 11) is -2.96. The molecule has 0 amide bonds. The molecule has 2 aromatic rings. The Morgan fingerprint density at radius 3 is 2.26 bits per heavy atom. The van der Waals surface area contributed by atoms with Gasteiger partial charge in [0.1, 0.15) is 4.90 Å². The van der Waals surface area contributed by atoms with E-state index in [1.807, 2.05) is 6.07 Å². The summed E-state index contributed by atoms with van der Waals surface area (Å²) in [5.74, 6) is 0.0125. The van der Waals surface area contributed by atoms with Crippen LogP contribution in [0.25, 0.3) is 0 Å². The molecule has 0 N–H and O–H groups in total. The second kappa shape index (κ2) is 6.97. The molecule has 0 saturated heterocycles. The number of nitrogens with zero attached hydrogens (tertiary/aromatic N) is 1. The summed E-state index contributed by atoms with van der Waals surface area (Å²) in [5, 5.41) is 8.68. The van der Waals surface area contributed by atoms with Crippen LogP contribution in [0.5, 0.6) is 11.5 Å². The fraction of sp³-hybridized carbons (Fsp3) is 0.0714. The number of rotatable bonds is 4. The SMILES string of the molecule is COc1cc(C#N)ccc1OS(=O)(=O)c1c(Cl)cc(Br)cc1Cl. The van der Waals surface area contributed by atoms with Crippen LogP contribution in [0.4, 0.5) is 0 Å². The standard InChI is InChI=1S/C14H8BrCl2NO4S/c1-21-13-4-8(7-18)2-3-12(13)22-23(19,20)14-10(16)5-9(15)6-11(14)17/h2-6H,1H3. The van der Waals surface area contributed by atoms with Crippen LogP contribution in [-0.4, -0.2) is 15.5 Å². The Hall–Kier alpha value is -1.46. The number of ether oxygens (including phenoxy) is 1. The lowest BCUT2D eigenvalue weighted by molar-refractivity contribution is 0.390. The maximum absolute atomic E-state index is 12.5. The molecular weight excluding hydrogens is 429 g/mol. The zero-order valence-electron chi connectivity index (χ0n) is 11.5. The summed E-state index contributed by atoms with van der Waals surface area (Å²) in [5.41, 5.74) is 0.298. The van der Waals surface area contributed by atoms with Gasteiger partial charge in [-0.05, 0) is 24.3 Å². The Kier molecular flexibility index (Phi) is 5.42. The van der Waals surface area contributed by atoms with Crippen LogP contribution in [-0.2, 0) is 10.1 Å². The van der Waals surface area contributed by atoms with Crippen molar-refractivity contribution in [3.8, 4) is 17.6 Å². The zero-order valence-corrected chi connectivity index (χ0v) is 15.4. The van der Waals surface area contributed by atoms with Gasteiger partial charge in [-0.25, -0.2) is 0 Å². The highest BCUT2D eigenvalue weighted by Gasteiger charge is 2.26. The first-order chi connectivity index (χ1) is 10.8. The molecule has 23 heavy (non-hydrogen) atoms. The van der Waals surface area contributed by atoms with Crippen molar-refractivity contribution in [1.82, 2.24) is 0 Å². The minimum Gasteiger partial charge on any atom is -0.493 e. The average molecular weight is 437 g/mol. The molecule has 0 heterocycles. The van der Waals surface area contributed by atoms with Gasteiger partial charge in [-0.2, -0.15) is 13.7 Å². The van der Waals surface area contributed by atoms with E-state index < -0.39 is 10.1 Å². The summed E-state index contributed by atoms with van der Waals surface area (Å²) in [6, 6.07) is 8.77. The van der Waals surface area contributed by atoms with E-state index in [4.69, 9.17) is 37.4 Å². The van der Waals surface area contributed by atoms with Gasteiger partial charge in [-0.15, -0.1) is 0 Å². The first-order valence-corrected chi connectivity index (χ1v) is 8.91. The Bertz CT molecular complexity index is 886. The van der Waals surface area contributed by atoms with Gasteiger partial charge in [0.25, 0.3) is 0 Å². The predicted octanol–water partition coefficient (Wildman–Crippen LogP) is 4.40. The highest BCUT2D eigenvalue weighted by Crippen LogP contribution is 2.36. The molecule has 0 atom stereocenters. The quantitative estimate of drug-likeness (QED) is 0.663. The van der Waals surface area contributed by atoms with Crippen LogP contribution >= 0.6 is 39.1 Å². The van der Waals surface area contributed by atoms with Crippen molar-refractivity contribution in [3.63, 3.8) is 0 Å². The second-order valence-electron chi connectivity index (χ2n) is 4.21. The normalized spacial score (nSPS) is 10.9. The van der Waals surface area contributed by atoms with Crippen molar-refractivity contribution in [3.05, 3.63) is 50.4 Å². The summed E-state index contributed by atoms with van der Waals surface area (Å²) in [6.45, 7) is 0. The molecule has 0 aromatic heterocycles. The molecule has 2 aromatic carbocycles. The van der Waals surface area contributed by atoms with Crippen molar-refractivity contribution in [2.24, 2.45) is 0 Å². The van der Waals surface area contributed by atoms with Crippen molar-refractivity contribution in [2.45, 2.75) is 4.90 Å². The molecular formula is C14H8BrCl2NO4S. The molecule has 2 rings (SSSR count). The van der Waals surface area contributed by atoms with E-state index in [0.29, 0.717) is 10.0 Å². The molecule has 120 valence electrons. The molecule has 0 unspecified atom stereocenters. The molecule has 0 fully saturated rings. The topological polar surface area (TPSA) is 76.4 Å². The molecule has 0 aliphatic carbocycles. The van der Waals surface area contributed by atoms with Crippen molar-refractivity contribution in [1.29, 1.82) is 5.26 Å². The molecule has 0 aliphatic heterocycles. The van der Waals surface area contributed by atoms with E-state index in [0.717, 1.165) is 0 Å². The van der Waals surface area contributed by atoms with E-state index in [9.17, 15) is 8.42 Å². The average Bonchev–Trinajstić information content (AvgIpc) is 2.45. The molecule has 0 bridgehead atoms. The lowest BCUT2D eigenvalue weighted by Gasteiger charge is -2.13. The fourth-order valence-electron chi connectivity index (χ4n) is 1.73. The molecule has 0 saturated carbocycles. The third kappa shape index (κ3) is 3.90. The van der Waals surface area contributed by atoms with Crippen LogP contribution in [0.2, 0.25) is 10.0 Å². The minimum absolute atomic E-state index is 0.0819. The lowest BCUT2D eigenvalue weighted by atomic mass is 10.2. The Morgan fingerprint density at radius 2 is 1.74 bits per heavy atom. The van der Waals surface area contributed by atoms with E-state index >= 15 is 0 Å². The number of hydrogen-bond acceptors (Lipinski definition) is 5. The summed E-state index contributed by atoms with van der Waals surface area (Å²) < 4.78 is 35.5. The third-order valence-corrected chi connectivity index (χ3v) is 5.32. The van der Waals surface area contributed by atoms with Gasteiger partial charge in [-0.1, -0.05) is 39.1 Å². The third-order valence-electron chi connectivity index (χ3n) is 2.71. The van der Waals surface area contributed by atoms with Gasteiger partial charge in [0.05, 0.1) is 28.8 Å². The predicted molar refractivity (Wildman–Crippen MR) is 89.7 cm³/mol. The Balaban J connectivity index is 2.50. The number of halogens is 3. The molecule has 5 nitrogen and oxygen atoms in total. The molecule has 0 aliphatic rings. The van der Waals surface area contributed by atoms with Crippen LogP contribution in [0.3, 0.4) is 0 Å². The van der Waals surface area contributed by atoms with E-state index in [1.54, 1.807) is 0 Å². The van der Waals surface area contributed by atoms with Crippen LogP contribution < -0.4 is 8.92 Å². The molecule has 0 spiro atoms. The van der Waals surface area contributed by atoms with Crippen LogP contribution in [0.15, 0.2) is 39.7 Å². The fourth-order valence-corrected chi connectivity index (χ4v) is 4.56. The zero-order chi connectivity index (χ0) is 17.2. The van der Waals surface area contributed by atoms with Crippen molar-refractivity contribution >= 4 is 49.2 Å². The number of methoxy groups -OCH3 is 1. The monoisotopic (exact) mass is 435 g/mol. The largest absolute Gasteiger partial charge is 0.493 e. The van der Waals surface area contributed by atoms with E-state index in [1.165, 1.54) is 37.4 Å². The Morgan fingerprint density at radius 1 is 1.13 bits per heavy atom. The second-order valence-corrected chi connectivity index (χ2v) is 7.43. The highest BCUT2D eigenvalue weighted by molar-refractivity contribution is 9.10. The van der Waals surface area contributed by atoms with Crippen molar-refractivity contribution < 1.29 is 17.3 Å². The van der Waals surface area contributed by atoms with Gasteiger partial charge < -0.3 is 8.92 Å². The van der Waals surface area contributed by atoms with Gasteiger partial charge in [0, 0.05) is 10.5 Å². The van der Waals surface area contributed by atoms with Crippen LogP contribution in [0, 0.1) is 11.3 Å². The summed E-state index contributed by atoms with van der Waals surface area (Å²) in [6.07, 6.45) is 0. The highest BCUT2D eigenvalue weighted by atomic mass is 79.9. The lowest BCUT2D eigenvalue weighted by Crippen LogP contribution is -2.12. The van der Waals surface area contributed by atoms with Gasteiger partial charge >= 0.3 is 10.1 Å². The van der Waals surface area contributed by atoms with Gasteiger partial charge in [0.2, 0.25) is 0 Å². The van der Waals surface area contributed by atoms with Crippen molar-refractivity contribution in [2.75, 3.05) is 7.11 Å². The maximum Gasteiger partial charge on any atom is 0.342 e. The molecule has 0 radical (unpaired) electrons. The maximum atomic E-state index is 12.5. The molecule has 9 heteroatoms. The van der Waals surface area contributed by atoms with E-state index in [-0.39, 0.29) is 26.4 Å². The minimum atomic E-state index is -4.29. The first-order valence-electron chi connectivity index (χ1n) is 5.95. The Labute approximate surface area is 151 Å². The summed E-state index contributed by atoms with van der Waals surface area (Å²) >= 11 is 15.1. The van der Waals surface area contributed by atoms with Gasteiger partial charge in [-0.3, -0.25) is 0 Å². The number of nitriles is 1. The first kappa shape index (κ1) is 17.9. The summed E-state index contributed by atoms with van der Waals surface area (Å²) in [4.78, 5) is -0.351. The smallest absolute Gasteiger partial charge is 0.342 e. The van der Waals surface area contributed by atoms with Gasteiger partial charge in [0.15, 0.2) is 11.5 Å².